The molecular weight excluding hydrogens is 1020 g/mol. The molecule has 8 aromatic carbocycles. The quantitative estimate of drug-likeness (QED) is 0.164. The number of anilines is 8. The van der Waals surface area contributed by atoms with Crippen LogP contribution in [-0.4, -0.2) is 12.3 Å². The van der Waals surface area contributed by atoms with Gasteiger partial charge in [0.05, 0.1) is 5.54 Å². The highest BCUT2D eigenvalue weighted by molar-refractivity contribution is 7.00. The van der Waals surface area contributed by atoms with Gasteiger partial charge in [0, 0.05) is 61.7 Å². The number of benzene rings is 8. The Morgan fingerprint density at radius 1 is 0.357 bits per heavy atom. The summed E-state index contributed by atoms with van der Waals surface area (Å²) in [5.41, 5.74) is 29.2. The summed E-state index contributed by atoms with van der Waals surface area (Å²) >= 11 is 0. The van der Waals surface area contributed by atoms with Crippen molar-refractivity contribution in [2.75, 3.05) is 14.7 Å². The molecule has 0 bridgehead atoms. The van der Waals surface area contributed by atoms with Crippen molar-refractivity contribution in [2.45, 2.75) is 198 Å². The van der Waals surface area contributed by atoms with Gasteiger partial charge in [-0.05, 0) is 224 Å². The van der Waals surface area contributed by atoms with Crippen molar-refractivity contribution in [1.29, 1.82) is 0 Å². The van der Waals surface area contributed by atoms with Crippen LogP contribution in [0.1, 0.15) is 194 Å². The molecule has 7 aliphatic rings. The Kier molecular flexibility index (Phi) is 10.6. The number of hydrogen-bond donors (Lipinski definition) is 0. The third kappa shape index (κ3) is 7.08. The summed E-state index contributed by atoms with van der Waals surface area (Å²) in [6.45, 7) is 35.2. The van der Waals surface area contributed by atoms with Crippen molar-refractivity contribution in [3.63, 3.8) is 0 Å². The molecule has 1 fully saturated rings. The summed E-state index contributed by atoms with van der Waals surface area (Å²) in [5.74, 6) is 0. The van der Waals surface area contributed by atoms with Crippen LogP contribution in [0, 0.1) is 0 Å². The van der Waals surface area contributed by atoms with Crippen molar-refractivity contribution in [3.05, 3.63) is 185 Å². The fourth-order valence-corrected chi connectivity index (χ4v) is 18.7. The van der Waals surface area contributed by atoms with Gasteiger partial charge in [-0.3, -0.25) is 0 Å². The van der Waals surface area contributed by atoms with Gasteiger partial charge in [0.2, 0.25) is 0 Å². The molecule has 424 valence electrons. The first-order valence-electron chi connectivity index (χ1n) is 32.0. The molecule has 84 heavy (non-hydrogen) atoms. The Morgan fingerprint density at radius 2 is 0.881 bits per heavy atom. The molecule has 1 aromatic heterocycles. The highest BCUT2D eigenvalue weighted by atomic mass is 16.3. The van der Waals surface area contributed by atoms with Gasteiger partial charge >= 0.3 is 0 Å². The lowest BCUT2D eigenvalue weighted by Crippen LogP contribution is -2.62. The second-order valence-electron chi connectivity index (χ2n) is 31.6. The summed E-state index contributed by atoms with van der Waals surface area (Å²) in [7, 11) is 0. The Morgan fingerprint density at radius 3 is 1.54 bits per heavy atom. The highest BCUT2D eigenvalue weighted by Crippen LogP contribution is 2.63. The molecule has 4 nitrogen and oxygen atoms in total. The molecule has 2 unspecified atom stereocenters. The van der Waals surface area contributed by atoms with E-state index in [1.54, 1.807) is 0 Å². The molecule has 1 saturated carbocycles. The predicted octanol–water partition coefficient (Wildman–Crippen LogP) is 19.7. The largest absolute Gasteiger partial charge is 0.456 e. The van der Waals surface area contributed by atoms with Crippen molar-refractivity contribution in [2.24, 2.45) is 0 Å². The smallest absolute Gasteiger partial charge is 0.252 e. The van der Waals surface area contributed by atoms with Crippen LogP contribution in [0.3, 0.4) is 0 Å². The molecule has 0 radical (unpaired) electrons. The maximum absolute atomic E-state index is 6.65. The molecule has 9 aromatic rings. The number of nitrogens with zero attached hydrogens (tertiary/aromatic N) is 3. The summed E-state index contributed by atoms with van der Waals surface area (Å²) in [4.78, 5) is 8.38. The van der Waals surface area contributed by atoms with E-state index in [2.05, 4.69) is 257 Å². The van der Waals surface area contributed by atoms with E-state index in [0.717, 1.165) is 66.2 Å². The second-order valence-corrected chi connectivity index (χ2v) is 31.6. The van der Waals surface area contributed by atoms with Crippen LogP contribution in [0.2, 0.25) is 0 Å². The van der Waals surface area contributed by atoms with E-state index in [0.29, 0.717) is 0 Å². The molecule has 0 saturated heterocycles. The lowest BCUT2D eigenvalue weighted by Gasteiger charge is -2.51. The molecule has 4 aliphatic carbocycles. The van der Waals surface area contributed by atoms with E-state index in [-0.39, 0.29) is 50.2 Å². The molecule has 4 heterocycles. The third-order valence-electron chi connectivity index (χ3n) is 23.7. The van der Waals surface area contributed by atoms with Crippen LogP contribution in [0.5, 0.6) is 0 Å². The number of hydrogen-bond acceptors (Lipinski definition) is 4. The van der Waals surface area contributed by atoms with E-state index in [9.17, 15) is 0 Å². The first-order valence-corrected chi connectivity index (χ1v) is 32.0. The van der Waals surface area contributed by atoms with Gasteiger partial charge < -0.3 is 19.1 Å². The molecule has 0 spiro atoms. The van der Waals surface area contributed by atoms with Gasteiger partial charge in [-0.25, -0.2) is 0 Å². The van der Waals surface area contributed by atoms with Crippen molar-refractivity contribution in [3.8, 4) is 11.1 Å². The zero-order valence-electron chi connectivity index (χ0n) is 52.5. The zero-order chi connectivity index (χ0) is 58.2. The van der Waals surface area contributed by atoms with E-state index in [4.69, 9.17) is 4.42 Å². The van der Waals surface area contributed by atoms with Crippen LogP contribution in [0.15, 0.2) is 150 Å². The fraction of sp³-hybridized carbons (Fsp3) is 0.392. The fourth-order valence-electron chi connectivity index (χ4n) is 18.7. The number of furan rings is 1. The maximum atomic E-state index is 6.65. The average molecular weight is 1100 g/mol. The summed E-state index contributed by atoms with van der Waals surface area (Å²) in [5, 5.41) is 2.30. The summed E-state index contributed by atoms with van der Waals surface area (Å²) in [6.07, 6.45) is 10.5. The van der Waals surface area contributed by atoms with E-state index < -0.39 is 0 Å². The predicted molar refractivity (Wildman–Crippen MR) is 357 cm³/mol. The van der Waals surface area contributed by atoms with Crippen LogP contribution >= 0.6 is 0 Å². The molecule has 16 rings (SSSR count). The van der Waals surface area contributed by atoms with Crippen LogP contribution in [-0.2, 0) is 37.9 Å². The standard InChI is InChI=1S/C79H84BN3O/c1-72(2)34-35-73(3,4)56-40-51(27-29-55(56)72)82-65-45-59-57(74(5,6)36-37-75(59,7)8)43-62(65)80-63-44-58-60(77(11,12)47-76(58,9)10)46-66(63)81(50-28-31-70-54(39-50)53-24-18-19-25-69(53)84-70)67-41-52(42-68(82)71(67)80)83-64-30-26-49(48-22-16-15-17-23-48)38-61(64)78(13)32-20-21-33-79(78,83)14/h15-19,22-31,38-46H,20-21,32-37,47H2,1-14H3. The van der Waals surface area contributed by atoms with E-state index >= 15 is 0 Å². The normalized spacial score (nSPS) is 23.7. The topological polar surface area (TPSA) is 22.9 Å². The molecular formula is C79H84BN3O. The second kappa shape index (κ2) is 16.9. The van der Waals surface area contributed by atoms with Crippen molar-refractivity contribution in [1.82, 2.24) is 0 Å². The molecule has 2 atom stereocenters. The Hall–Kier alpha value is -6.98. The highest BCUT2D eigenvalue weighted by Gasteiger charge is 2.59. The Balaban J connectivity index is 1.06. The monoisotopic (exact) mass is 1100 g/mol. The first-order chi connectivity index (χ1) is 39.8. The SMILES string of the molecule is CC1(C)CCC(C)(C)c2cc(N3c4cc5c(cc4B4c6cc7c(cc6N(c6ccc8oc9ccccc9c8c6)c6cc(N8c9ccc(-c%10ccccc%10)cc9C9(C)CCCCC89C)cc3c64)C(C)(C)CC7(C)C)C(C)(C)CCC5(C)C)ccc21. The van der Waals surface area contributed by atoms with Gasteiger partial charge in [0.15, 0.2) is 0 Å². The van der Waals surface area contributed by atoms with Crippen LogP contribution in [0.25, 0.3) is 33.1 Å². The van der Waals surface area contributed by atoms with Gasteiger partial charge in [-0.2, -0.15) is 0 Å². The molecule has 0 amide bonds. The Bertz CT molecular complexity index is 4320. The lowest BCUT2D eigenvalue weighted by atomic mass is 9.33. The van der Waals surface area contributed by atoms with Gasteiger partial charge in [0.25, 0.3) is 6.71 Å². The van der Waals surface area contributed by atoms with Crippen LogP contribution in [0.4, 0.5) is 45.5 Å². The maximum Gasteiger partial charge on any atom is 0.252 e. The average Bonchev–Trinajstić information content (AvgIpc) is 1.18. The zero-order valence-corrected chi connectivity index (χ0v) is 52.5. The van der Waals surface area contributed by atoms with Gasteiger partial charge in [-0.15, -0.1) is 0 Å². The summed E-state index contributed by atoms with van der Waals surface area (Å²) < 4.78 is 6.65. The number of fused-ring (bicyclic) bond motifs is 13. The first kappa shape index (κ1) is 52.6. The third-order valence-corrected chi connectivity index (χ3v) is 23.7. The van der Waals surface area contributed by atoms with Gasteiger partial charge in [-0.1, -0.05) is 176 Å². The summed E-state index contributed by atoms with van der Waals surface area (Å²) in [6, 6.07) is 58.1. The Labute approximate surface area is 500 Å². The minimum absolute atomic E-state index is 0.000991. The minimum Gasteiger partial charge on any atom is -0.456 e. The minimum atomic E-state index is -0.195. The molecule has 0 N–H and O–H groups in total. The lowest BCUT2D eigenvalue weighted by molar-refractivity contribution is 0.195. The molecule has 3 aliphatic heterocycles. The number of rotatable bonds is 4. The van der Waals surface area contributed by atoms with E-state index in [1.807, 2.05) is 0 Å². The molecule has 5 heteroatoms. The van der Waals surface area contributed by atoms with E-state index in [1.165, 1.54) is 126 Å². The van der Waals surface area contributed by atoms with Crippen molar-refractivity contribution < 1.29 is 4.42 Å². The van der Waals surface area contributed by atoms with Crippen LogP contribution < -0.4 is 31.1 Å². The van der Waals surface area contributed by atoms with Gasteiger partial charge in [0.1, 0.15) is 11.2 Å². The number of para-hydroxylation sites is 1. The van der Waals surface area contributed by atoms with Crippen molar-refractivity contribution >= 4 is 90.5 Å².